The smallest absolute Gasteiger partial charge is 0.200 e. The van der Waals surface area contributed by atoms with Gasteiger partial charge >= 0.3 is 0 Å². The molecule has 1 aliphatic carbocycles. The molecule has 1 aromatic rings. The third-order valence-corrected chi connectivity index (χ3v) is 3.99. The number of methoxy groups -OCH3 is 1. The molecular weight excluding hydrogens is 248 g/mol. The molecule has 0 atom stereocenters. The Bertz CT molecular complexity index is 532. The highest BCUT2D eigenvalue weighted by Crippen LogP contribution is 2.32. The summed E-state index contributed by atoms with van der Waals surface area (Å²) in [6.07, 6.45) is 0. The fourth-order valence-electron chi connectivity index (χ4n) is 1.88. The van der Waals surface area contributed by atoms with Crippen molar-refractivity contribution in [3.8, 4) is 0 Å². The molecule has 3 nitrogen and oxygen atoms in total. The fourth-order valence-corrected chi connectivity index (χ4v) is 2.88. The lowest BCUT2D eigenvalue weighted by Crippen LogP contribution is -2.19. The van der Waals surface area contributed by atoms with Gasteiger partial charge < -0.3 is 4.74 Å². The average Bonchev–Trinajstić information content (AvgIpc) is 2.40. The maximum atomic E-state index is 12.3. The molecule has 2 rings (SSSR count). The van der Waals surface area contributed by atoms with Crippen molar-refractivity contribution in [2.24, 2.45) is 0 Å². The van der Waals surface area contributed by atoms with Crippen molar-refractivity contribution in [1.82, 2.24) is 0 Å². The second kappa shape index (κ2) is 5.50. The normalized spacial score (nSPS) is 15.0. The molecule has 1 aliphatic rings. The summed E-state index contributed by atoms with van der Waals surface area (Å²) in [4.78, 5) is 25.0. The van der Waals surface area contributed by atoms with Gasteiger partial charge in [0.05, 0.1) is 11.5 Å². The third kappa shape index (κ3) is 2.26. The Kier molecular flexibility index (Phi) is 3.99. The zero-order chi connectivity index (χ0) is 13.1. The molecular formula is C14H14O3S. The van der Waals surface area contributed by atoms with E-state index in [1.807, 2.05) is 0 Å². The molecule has 0 saturated heterocycles. The van der Waals surface area contributed by atoms with Crippen LogP contribution < -0.4 is 0 Å². The van der Waals surface area contributed by atoms with E-state index in [-0.39, 0.29) is 11.6 Å². The standard InChI is InChI=1S/C14H14O3S/c1-9-12(15)10-5-3-4-6-11(10)13(16)14(9)18-8-7-17-2/h3-6H,7-8H2,1-2H3. The first kappa shape index (κ1) is 13.1. The maximum Gasteiger partial charge on any atom is 0.200 e. The number of hydrogen-bond donors (Lipinski definition) is 0. The first-order valence-electron chi connectivity index (χ1n) is 5.68. The van der Waals surface area contributed by atoms with Crippen molar-refractivity contribution in [2.75, 3.05) is 19.5 Å². The Morgan fingerprint density at radius 1 is 1.11 bits per heavy atom. The predicted octanol–water partition coefficient (Wildman–Crippen LogP) is 2.72. The number of benzene rings is 1. The first-order chi connectivity index (χ1) is 8.66. The van der Waals surface area contributed by atoms with Gasteiger partial charge in [-0.3, -0.25) is 9.59 Å². The van der Waals surface area contributed by atoms with Crippen LogP contribution in [0.3, 0.4) is 0 Å². The molecule has 0 N–H and O–H groups in total. The van der Waals surface area contributed by atoms with Crippen molar-refractivity contribution < 1.29 is 14.3 Å². The molecule has 0 saturated carbocycles. The van der Waals surface area contributed by atoms with Gasteiger partial charge in [-0.1, -0.05) is 24.3 Å². The fraction of sp³-hybridized carbons (Fsp3) is 0.286. The SMILES string of the molecule is COCCSC1=C(C)C(=O)c2ccccc2C1=O. The highest BCUT2D eigenvalue weighted by atomic mass is 32.2. The lowest BCUT2D eigenvalue weighted by atomic mass is 9.90. The van der Waals surface area contributed by atoms with Crippen LogP contribution in [-0.2, 0) is 4.74 Å². The lowest BCUT2D eigenvalue weighted by Gasteiger charge is -2.18. The van der Waals surface area contributed by atoms with Crippen LogP contribution in [0.5, 0.6) is 0 Å². The Morgan fingerprint density at radius 3 is 2.33 bits per heavy atom. The number of ketones is 2. The van der Waals surface area contributed by atoms with Crippen molar-refractivity contribution in [1.29, 1.82) is 0 Å². The molecule has 18 heavy (non-hydrogen) atoms. The number of ether oxygens (including phenoxy) is 1. The number of thioether (sulfide) groups is 1. The summed E-state index contributed by atoms with van der Waals surface area (Å²) in [5.41, 5.74) is 1.56. The molecule has 0 spiro atoms. The molecule has 0 aliphatic heterocycles. The Labute approximate surface area is 110 Å². The summed E-state index contributed by atoms with van der Waals surface area (Å²) >= 11 is 1.39. The minimum Gasteiger partial charge on any atom is -0.384 e. The molecule has 1 aromatic carbocycles. The topological polar surface area (TPSA) is 43.4 Å². The average molecular weight is 262 g/mol. The van der Waals surface area contributed by atoms with Crippen LogP contribution in [0.15, 0.2) is 34.7 Å². The largest absolute Gasteiger partial charge is 0.384 e. The number of carbonyl (C=O) groups is 2. The number of carbonyl (C=O) groups excluding carboxylic acids is 2. The van der Waals surface area contributed by atoms with Gasteiger partial charge in [0.2, 0.25) is 0 Å². The maximum absolute atomic E-state index is 12.3. The lowest BCUT2D eigenvalue weighted by molar-refractivity contribution is 0.0981. The Morgan fingerprint density at radius 2 is 1.72 bits per heavy atom. The van der Waals surface area contributed by atoms with E-state index in [0.717, 1.165) is 0 Å². The molecule has 0 amide bonds. The van der Waals surface area contributed by atoms with Gasteiger partial charge in [0.15, 0.2) is 11.6 Å². The van der Waals surface area contributed by atoms with Gasteiger partial charge in [0.1, 0.15) is 0 Å². The predicted molar refractivity (Wildman–Crippen MR) is 72.1 cm³/mol. The molecule has 4 heteroatoms. The van der Waals surface area contributed by atoms with Gasteiger partial charge in [0.25, 0.3) is 0 Å². The second-order valence-electron chi connectivity index (χ2n) is 4.00. The third-order valence-electron chi connectivity index (χ3n) is 2.84. The second-order valence-corrected chi connectivity index (χ2v) is 5.10. The van der Waals surface area contributed by atoms with Crippen LogP contribution in [0, 0.1) is 0 Å². The number of hydrogen-bond acceptors (Lipinski definition) is 4. The van der Waals surface area contributed by atoms with Gasteiger partial charge in [0, 0.05) is 29.6 Å². The molecule has 94 valence electrons. The molecule has 0 heterocycles. The first-order valence-corrected chi connectivity index (χ1v) is 6.66. The quantitative estimate of drug-likeness (QED) is 0.782. The van der Waals surface area contributed by atoms with E-state index in [4.69, 9.17) is 4.74 Å². The van der Waals surface area contributed by atoms with Gasteiger partial charge in [-0.25, -0.2) is 0 Å². The summed E-state index contributed by atoms with van der Waals surface area (Å²) in [6, 6.07) is 6.97. The van der Waals surface area contributed by atoms with E-state index in [1.165, 1.54) is 11.8 Å². The van der Waals surface area contributed by atoms with Crippen LogP contribution in [-0.4, -0.2) is 31.0 Å². The number of fused-ring (bicyclic) bond motifs is 1. The Balaban J connectivity index is 2.34. The Hall–Kier alpha value is -1.39. The van der Waals surface area contributed by atoms with E-state index in [2.05, 4.69) is 0 Å². The molecule has 0 unspecified atom stereocenters. The van der Waals surface area contributed by atoms with Gasteiger partial charge in [-0.05, 0) is 6.92 Å². The van der Waals surface area contributed by atoms with Gasteiger partial charge in [-0.2, -0.15) is 0 Å². The van der Waals surface area contributed by atoms with Crippen molar-refractivity contribution >= 4 is 23.3 Å². The summed E-state index contributed by atoms with van der Waals surface area (Å²) < 4.78 is 4.96. The summed E-state index contributed by atoms with van der Waals surface area (Å²) in [5.74, 6) is 0.568. The summed E-state index contributed by atoms with van der Waals surface area (Å²) in [5, 5.41) is 0. The minimum absolute atomic E-state index is 0.0508. The van der Waals surface area contributed by atoms with E-state index in [9.17, 15) is 9.59 Å². The monoisotopic (exact) mass is 262 g/mol. The highest BCUT2D eigenvalue weighted by molar-refractivity contribution is 8.04. The zero-order valence-electron chi connectivity index (χ0n) is 10.4. The van der Waals surface area contributed by atoms with E-state index in [0.29, 0.717) is 34.0 Å². The molecule has 0 radical (unpaired) electrons. The summed E-state index contributed by atoms with van der Waals surface area (Å²) in [7, 11) is 1.62. The van der Waals surface area contributed by atoms with E-state index >= 15 is 0 Å². The number of rotatable bonds is 4. The molecule has 0 bridgehead atoms. The molecule has 0 aromatic heterocycles. The van der Waals surface area contributed by atoms with Crippen LogP contribution in [0.2, 0.25) is 0 Å². The highest BCUT2D eigenvalue weighted by Gasteiger charge is 2.29. The van der Waals surface area contributed by atoms with Crippen molar-refractivity contribution in [2.45, 2.75) is 6.92 Å². The van der Waals surface area contributed by atoms with Gasteiger partial charge in [-0.15, -0.1) is 11.8 Å². The van der Waals surface area contributed by atoms with Crippen molar-refractivity contribution in [3.05, 3.63) is 45.9 Å². The van der Waals surface area contributed by atoms with Crippen LogP contribution >= 0.6 is 11.8 Å². The molecule has 0 fully saturated rings. The minimum atomic E-state index is -0.0520. The number of Topliss-reactive ketones (excluding diaryl/α,β-unsaturated/α-hetero) is 2. The van der Waals surface area contributed by atoms with E-state index in [1.54, 1.807) is 38.3 Å². The van der Waals surface area contributed by atoms with Crippen LogP contribution in [0.1, 0.15) is 27.6 Å². The summed E-state index contributed by atoms with van der Waals surface area (Å²) in [6.45, 7) is 2.27. The van der Waals surface area contributed by atoms with E-state index < -0.39 is 0 Å². The zero-order valence-corrected chi connectivity index (χ0v) is 11.2. The van der Waals surface area contributed by atoms with Crippen LogP contribution in [0.4, 0.5) is 0 Å². The number of allylic oxidation sites excluding steroid dienone is 2. The van der Waals surface area contributed by atoms with Crippen LogP contribution in [0.25, 0.3) is 0 Å². The van der Waals surface area contributed by atoms with Crippen molar-refractivity contribution in [3.63, 3.8) is 0 Å².